The molecule has 116 valence electrons. The van der Waals surface area contributed by atoms with E-state index in [1.807, 2.05) is 13.8 Å². The SMILES string of the molecule is Cc1cc(CN2CCC(N3CCOCC3)C2)cc(C)c1O. The normalized spacial score (nSPS) is 24.6. The predicted molar refractivity (Wildman–Crippen MR) is 83.7 cm³/mol. The van der Waals surface area contributed by atoms with Crippen LogP contribution in [0, 0.1) is 13.8 Å². The van der Waals surface area contributed by atoms with Gasteiger partial charge in [0.15, 0.2) is 0 Å². The highest BCUT2D eigenvalue weighted by molar-refractivity contribution is 5.42. The summed E-state index contributed by atoms with van der Waals surface area (Å²) >= 11 is 0. The van der Waals surface area contributed by atoms with Gasteiger partial charge in [-0.1, -0.05) is 12.1 Å². The first-order valence-corrected chi connectivity index (χ1v) is 7.97. The number of nitrogens with zero attached hydrogens (tertiary/aromatic N) is 2. The number of morpholine rings is 1. The molecule has 0 amide bonds. The van der Waals surface area contributed by atoms with Crippen molar-refractivity contribution in [2.45, 2.75) is 32.9 Å². The minimum absolute atomic E-state index is 0.436. The molecule has 4 heteroatoms. The quantitative estimate of drug-likeness (QED) is 0.922. The Hall–Kier alpha value is -1.10. The van der Waals surface area contributed by atoms with Crippen molar-refractivity contribution in [3.63, 3.8) is 0 Å². The van der Waals surface area contributed by atoms with E-state index in [4.69, 9.17) is 4.74 Å². The average Bonchev–Trinajstić information content (AvgIpc) is 2.94. The lowest BCUT2D eigenvalue weighted by Gasteiger charge is -2.32. The molecule has 2 aliphatic heterocycles. The fraction of sp³-hybridized carbons (Fsp3) is 0.647. The second kappa shape index (κ2) is 6.34. The molecule has 1 atom stereocenters. The number of phenolic OH excluding ortho intramolecular Hbond substituents is 1. The van der Waals surface area contributed by atoms with Gasteiger partial charge in [0, 0.05) is 38.8 Å². The molecule has 0 aromatic heterocycles. The van der Waals surface area contributed by atoms with Crippen LogP contribution in [-0.4, -0.2) is 60.3 Å². The molecule has 3 rings (SSSR count). The van der Waals surface area contributed by atoms with Crippen LogP contribution in [0.4, 0.5) is 0 Å². The second-order valence-electron chi connectivity index (χ2n) is 6.40. The van der Waals surface area contributed by atoms with Crippen molar-refractivity contribution in [1.82, 2.24) is 9.80 Å². The Morgan fingerprint density at radius 2 is 1.81 bits per heavy atom. The van der Waals surface area contributed by atoms with E-state index in [1.54, 1.807) is 0 Å². The molecule has 2 aliphatic rings. The minimum atomic E-state index is 0.436. The van der Waals surface area contributed by atoms with Crippen LogP contribution in [0.15, 0.2) is 12.1 Å². The zero-order valence-electron chi connectivity index (χ0n) is 13.1. The molecule has 0 saturated carbocycles. The minimum Gasteiger partial charge on any atom is -0.507 e. The van der Waals surface area contributed by atoms with Crippen LogP contribution < -0.4 is 0 Å². The molecular weight excluding hydrogens is 264 g/mol. The lowest BCUT2D eigenvalue weighted by molar-refractivity contribution is 0.0184. The number of likely N-dealkylation sites (tertiary alicyclic amines) is 1. The van der Waals surface area contributed by atoms with Gasteiger partial charge < -0.3 is 9.84 Å². The zero-order chi connectivity index (χ0) is 14.8. The molecule has 1 aromatic carbocycles. The van der Waals surface area contributed by atoms with Crippen molar-refractivity contribution in [2.24, 2.45) is 0 Å². The van der Waals surface area contributed by atoms with E-state index >= 15 is 0 Å². The van der Waals surface area contributed by atoms with Gasteiger partial charge >= 0.3 is 0 Å². The highest BCUT2D eigenvalue weighted by Crippen LogP contribution is 2.25. The van der Waals surface area contributed by atoms with Gasteiger partial charge in [0.05, 0.1) is 13.2 Å². The van der Waals surface area contributed by atoms with E-state index in [9.17, 15) is 5.11 Å². The summed E-state index contributed by atoms with van der Waals surface area (Å²) in [6.45, 7) is 11.2. The number of phenols is 1. The standard InChI is InChI=1S/C17H26N2O2/c1-13-9-15(10-14(2)17(13)20)11-18-4-3-16(12-18)19-5-7-21-8-6-19/h9-10,16,20H,3-8,11-12H2,1-2H3. The Bertz CT molecular complexity index is 475. The number of ether oxygens (including phenoxy) is 1. The van der Waals surface area contributed by atoms with E-state index in [0.29, 0.717) is 11.8 Å². The smallest absolute Gasteiger partial charge is 0.121 e. The van der Waals surface area contributed by atoms with Gasteiger partial charge in [0.2, 0.25) is 0 Å². The molecule has 1 N–H and O–H groups in total. The summed E-state index contributed by atoms with van der Waals surface area (Å²) < 4.78 is 5.44. The molecule has 2 fully saturated rings. The van der Waals surface area contributed by atoms with Gasteiger partial charge in [0.25, 0.3) is 0 Å². The van der Waals surface area contributed by atoms with Crippen molar-refractivity contribution in [1.29, 1.82) is 0 Å². The van der Waals surface area contributed by atoms with Crippen LogP contribution in [0.2, 0.25) is 0 Å². The van der Waals surface area contributed by atoms with E-state index in [1.165, 1.54) is 18.5 Å². The van der Waals surface area contributed by atoms with Gasteiger partial charge in [-0.15, -0.1) is 0 Å². The lowest BCUT2D eigenvalue weighted by atomic mass is 10.1. The molecule has 2 saturated heterocycles. The zero-order valence-corrected chi connectivity index (χ0v) is 13.1. The molecule has 4 nitrogen and oxygen atoms in total. The maximum absolute atomic E-state index is 9.87. The number of benzene rings is 1. The number of hydrogen-bond acceptors (Lipinski definition) is 4. The van der Waals surface area contributed by atoms with Crippen molar-refractivity contribution in [3.05, 3.63) is 28.8 Å². The van der Waals surface area contributed by atoms with E-state index in [2.05, 4.69) is 21.9 Å². The lowest BCUT2D eigenvalue weighted by Crippen LogP contribution is -2.44. The first kappa shape index (κ1) is 14.8. The van der Waals surface area contributed by atoms with Crippen LogP contribution >= 0.6 is 0 Å². The van der Waals surface area contributed by atoms with Crippen molar-refractivity contribution in [3.8, 4) is 5.75 Å². The Morgan fingerprint density at radius 1 is 1.14 bits per heavy atom. The maximum Gasteiger partial charge on any atom is 0.121 e. The average molecular weight is 290 g/mol. The van der Waals surface area contributed by atoms with E-state index in [0.717, 1.165) is 50.5 Å². The summed E-state index contributed by atoms with van der Waals surface area (Å²) in [5, 5.41) is 9.87. The van der Waals surface area contributed by atoms with Crippen LogP contribution in [0.25, 0.3) is 0 Å². The van der Waals surface area contributed by atoms with Crippen LogP contribution in [0.3, 0.4) is 0 Å². The number of aromatic hydroxyl groups is 1. The highest BCUT2D eigenvalue weighted by atomic mass is 16.5. The molecule has 1 unspecified atom stereocenters. The summed E-state index contributed by atoms with van der Waals surface area (Å²) in [6, 6.07) is 4.92. The molecule has 1 aromatic rings. The number of hydrogen-bond donors (Lipinski definition) is 1. The molecular formula is C17H26N2O2. The van der Waals surface area contributed by atoms with Gasteiger partial charge in [-0.3, -0.25) is 9.80 Å². The Kier molecular flexibility index (Phi) is 4.48. The first-order chi connectivity index (χ1) is 10.1. The van der Waals surface area contributed by atoms with Crippen LogP contribution in [-0.2, 0) is 11.3 Å². The molecule has 0 bridgehead atoms. The van der Waals surface area contributed by atoms with E-state index in [-0.39, 0.29) is 0 Å². The highest BCUT2D eigenvalue weighted by Gasteiger charge is 2.28. The molecule has 0 radical (unpaired) electrons. The van der Waals surface area contributed by atoms with Crippen molar-refractivity contribution in [2.75, 3.05) is 39.4 Å². The Morgan fingerprint density at radius 3 is 2.48 bits per heavy atom. The predicted octanol–water partition coefficient (Wildman–Crippen LogP) is 1.92. The van der Waals surface area contributed by atoms with Gasteiger partial charge in [-0.2, -0.15) is 0 Å². The summed E-state index contributed by atoms with van der Waals surface area (Å²) in [5.74, 6) is 0.436. The largest absolute Gasteiger partial charge is 0.507 e. The monoisotopic (exact) mass is 290 g/mol. The summed E-state index contributed by atoms with van der Waals surface area (Å²) in [7, 11) is 0. The summed E-state index contributed by atoms with van der Waals surface area (Å²) in [4.78, 5) is 5.11. The first-order valence-electron chi connectivity index (χ1n) is 7.97. The van der Waals surface area contributed by atoms with Crippen molar-refractivity contribution >= 4 is 0 Å². The summed E-state index contributed by atoms with van der Waals surface area (Å²) in [6.07, 6.45) is 1.26. The third-order valence-corrected chi connectivity index (χ3v) is 4.77. The summed E-state index contributed by atoms with van der Waals surface area (Å²) in [5.41, 5.74) is 3.27. The number of aryl methyl sites for hydroxylation is 2. The van der Waals surface area contributed by atoms with Crippen LogP contribution in [0.5, 0.6) is 5.75 Å². The molecule has 0 spiro atoms. The fourth-order valence-corrected chi connectivity index (χ4v) is 3.59. The molecule has 0 aliphatic carbocycles. The van der Waals surface area contributed by atoms with Gasteiger partial charge in [-0.05, 0) is 37.0 Å². The van der Waals surface area contributed by atoms with Gasteiger partial charge in [0.1, 0.15) is 5.75 Å². The molecule has 2 heterocycles. The maximum atomic E-state index is 9.87. The van der Waals surface area contributed by atoms with Crippen LogP contribution in [0.1, 0.15) is 23.1 Å². The third-order valence-electron chi connectivity index (χ3n) is 4.77. The second-order valence-corrected chi connectivity index (χ2v) is 6.40. The van der Waals surface area contributed by atoms with E-state index < -0.39 is 0 Å². The fourth-order valence-electron chi connectivity index (χ4n) is 3.59. The Labute approximate surface area is 127 Å². The molecule has 21 heavy (non-hydrogen) atoms. The Balaban J connectivity index is 1.59. The van der Waals surface area contributed by atoms with Gasteiger partial charge in [-0.25, -0.2) is 0 Å². The number of rotatable bonds is 3. The topological polar surface area (TPSA) is 35.9 Å². The van der Waals surface area contributed by atoms with Crippen molar-refractivity contribution < 1.29 is 9.84 Å². The third kappa shape index (κ3) is 3.39.